The molecule has 1 unspecified atom stereocenters. The molecule has 1 fully saturated rings. The van der Waals surface area contributed by atoms with E-state index in [9.17, 15) is 0 Å². The van der Waals surface area contributed by atoms with Crippen molar-refractivity contribution in [2.45, 2.75) is 59.3 Å². The minimum absolute atomic E-state index is 0.890. The molecular weight excluding hydrogens is 144 g/mol. The summed E-state index contributed by atoms with van der Waals surface area (Å²) < 4.78 is 0. The second-order valence-electron chi connectivity index (χ2n) is 5.11. The summed E-state index contributed by atoms with van der Waals surface area (Å²) in [4.78, 5) is 0. The topological polar surface area (TPSA) is 0 Å². The van der Waals surface area contributed by atoms with Crippen LogP contribution in [0.2, 0.25) is 0 Å². The Kier molecular flexibility index (Phi) is 4.11. The summed E-state index contributed by atoms with van der Waals surface area (Å²) in [5, 5.41) is 0. The molecule has 0 aliphatic heterocycles. The third-order valence-corrected chi connectivity index (χ3v) is 3.17. The van der Waals surface area contributed by atoms with E-state index in [4.69, 9.17) is 0 Å². The molecule has 1 aliphatic carbocycles. The Bertz CT molecular complexity index is 111. The van der Waals surface area contributed by atoms with Crippen LogP contribution < -0.4 is 0 Å². The fraction of sp³-hybridized carbons (Fsp3) is 1.00. The van der Waals surface area contributed by atoms with Gasteiger partial charge >= 0.3 is 0 Å². The van der Waals surface area contributed by atoms with E-state index in [-0.39, 0.29) is 0 Å². The normalized spacial score (nSPS) is 21.0. The lowest BCUT2D eigenvalue weighted by molar-refractivity contribution is 0.264. The predicted molar refractivity (Wildman–Crippen MR) is 55.2 cm³/mol. The van der Waals surface area contributed by atoms with Crippen LogP contribution in [-0.2, 0) is 0 Å². The van der Waals surface area contributed by atoms with Crippen LogP contribution in [0.5, 0.6) is 0 Å². The Balaban J connectivity index is 1.97. The lowest BCUT2D eigenvalue weighted by Gasteiger charge is -2.26. The molecule has 0 aromatic heterocycles. The highest BCUT2D eigenvalue weighted by Crippen LogP contribution is 2.32. The first-order chi connectivity index (χ1) is 5.68. The lowest BCUT2D eigenvalue weighted by atomic mass is 9.80. The Morgan fingerprint density at radius 3 is 2.25 bits per heavy atom. The van der Waals surface area contributed by atoms with Gasteiger partial charge in [0.2, 0.25) is 0 Å². The third-order valence-electron chi connectivity index (χ3n) is 3.17. The molecule has 0 N–H and O–H groups in total. The first kappa shape index (κ1) is 10.1. The monoisotopic (exact) mass is 168 g/mol. The summed E-state index contributed by atoms with van der Waals surface area (Å²) in [7, 11) is 0. The molecule has 0 heteroatoms. The van der Waals surface area contributed by atoms with Gasteiger partial charge in [0.1, 0.15) is 0 Å². The van der Waals surface area contributed by atoms with Crippen LogP contribution in [-0.4, -0.2) is 0 Å². The molecule has 0 heterocycles. The van der Waals surface area contributed by atoms with Gasteiger partial charge in [-0.05, 0) is 24.2 Å². The van der Waals surface area contributed by atoms with Gasteiger partial charge in [-0.2, -0.15) is 0 Å². The molecule has 0 spiro atoms. The van der Waals surface area contributed by atoms with Gasteiger partial charge in [0.25, 0.3) is 0 Å². The van der Waals surface area contributed by atoms with Gasteiger partial charge < -0.3 is 0 Å². The third kappa shape index (κ3) is 3.60. The average molecular weight is 168 g/mol. The number of hydrogen-bond acceptors (Lipinski definition) is 0. The quantitative estimate of drug-likeness (QED) is 0.575. The van der Waals surface area contributed by atoms with Crippen molar-refractivity contribution in [3.05, 3.63) is 0 Å². The fourth-order valence-electron chi connectivity index (χ4n) is 2.22. The second kappa shape index (κ2) is 4.89. The van der Waals surface area contributed by atoms with Crippen LogP contribution in [0.25, 0.3) is 0 Å². The Hall–Kier alpha value is 0. The zero-order valence-corrected chi connectivity index (χ0v) is 8.97. The summed E-state index contributed by atoms with van der Waals surface area (Å²) in [6, 6.07) is 0. The summed E-state index contributed by atoms with van der Waals surface area (Å²) in [6.45, 7) is 7.08. The molecule has 1 aliphatic rings. The van der Waals surface area contributed by atoms with Crippen molar-refractivity contribution in [1.82, 2.24) is 0 Å². The first-order valence-electron chi connectivity index (χ1n) is 5.68. The summed E-state index contributed by atoms with van der Waals surface area (Å²) in [5.41, 5.74) is 0. The van der Waals surface area contributed by atoms with Crippen molar-refractivity contribution in [1.29, 1.82) is 0 Å². The van der Waals surface area contributed by atoms with E-state index in [0.29, 0.717) is 0 Å². The predicted octanol–water partition coefficient (Wildman–Crippen LogP) is 4.25. The summed E-state index contributed by atoms with van der Waals surface area (Å²) in [6.07, 6.45) is 8.95. The van der Waals surface area contributed by atoms with Gasteiger partial charge in [0.05, 0.1) is 0 Å². The van der Waals surface area contributed by atoms with Gasteiger partial charge in [0, 0.05) is 0 Å². The van der Waals surface area contributed by atoms with Crippen molar-refractivity contribution in [3.63, 3.8) is 0 Å². The maximum absolute atomic E-state index is 2.42. The average Bonchev–Trinajstić information content (AvgIpc) is 1.81. The van der Waals surface area contributed by atoms with Crippen LogP contribution in [0.15, 0.2) is 0 Å². The Morgan fingerprint density at radius 1 is 1.17 bits per heavy atom. The van der Waals surface area contributed by atoms with Gasteiger partial charge in [0.15, 0.2) is 0 Å². The molecular formula is C12H24. The van der Waals surface area contributed by atoms with Crippen molar-refractivity contribution in [2.24, 2.45) is 17.8 Å². The van der Waals surface area contributed by atoms with Crippen LogP contribution >= 0.6 is 0 Å². The van der Waals surface area contributed by atoms with E-state index in [1.54, 1.807) is 0 Å². The molecule has 1 atom stereocenters. The van der Waals surface area contributed by atoms with Crippen molar-refractivity contribution < 1.29 is 0 Å². The van der Waals surface area contributed by atoms with Crippen molar-refractivity contribution >= 4 is 0 Å². The number of hydrogen-bond donors (Lipinski definition) is 0. The van der Waals surface area contributed by atoms with E-state index >= 15 is 0 Å². The highest BCUT2D eigenvalue weighted by Gasteiger charge is 2.17. The van der Waals surface area contributed by atoms with Crippen molar-refractivity contribution in [2.75, 3.05) is 0 Å². The van der Waals surface area contributed by atoms with E-state index in [1.807, 2.05) is 0 Å². The van der Waals surface area contributed by atoms with E-state index in [0.717, 1.165) is 17.8 Å². The molecule has 72 valence electrons. The molecule has 0 nitrogen and oxygen atoms in total. The molecule has 0 aromatic carbocycles. The van der Waals surface area contributed by atoms with Crippen LogP contribution in [0.3, 0.4) is 0 Å². The van der Waals surface area contributed by atoms with Crippen LogP contribution in [0.4, 0.5) is 0 Å². The second-order valence-corrected chi connectivity index (χ2v) is 5.11. The first-order valence-corrected chi connectivity index (χ1v) is 5.68. The van der Waals surface area contributed by atoms with Gasteiger partial charge in [-0.15, -0.1) is 0 Å². The molecule has 1 rings (SSSR count). The maximum Gasteiger partial charge on any atom is -0.0414 e. The van der Waals surface area contributed by atoms with Crippen LogP contribution in [0.1, 0.15) is 59.3 Å². The maximum atomic E-state index is 2.42. The largest absolute Gasteiger partial charge is 0.0628 e. The van der Waals surface area contributed by atoms with Gasteiger partial charge in [-0.1, -0.05) is 52.9 Å². The van der Waals surface area contributed by atoms with E-state index in [2.05, 4.69) is 20.8 Å². The van der Waals surface area contributed by atoms with E-state index in [1.165, 1.54) is 38.5 Å². The zero-order chi connectivity index (χ0) is 8.97. The van der Waals surface area contributed by atoms with Gasteiger partial charge in [-0.25, -0.2) is 0 Å². The summed E-state index contributed by atoms with van der Waals surface area (Å²) >= 11 is 0. The molecule has 0 amide bonds. The molecule has 0 bridgehead atoms. The number of rotatable bonds is 5. The molecule has 12 heavy (non-hydrogen) atoms. The van der Waals surface area contributed by atoms with Gasteiger partial charge in [-0.3, -0.25) is 0 Å². The van der Waals surface area contributed by atoms with E-state index < -0.39 is 0 Å². The lowest BCUT2D eigenvalue weighted by Crippen LogP contribution is -2.12. The molecule has 1 saturated carbocycles. The fourth-order valence-corrected chi connectivity index (χ4v) is 2.22. The highest BCUT2D eigenvalue weighted by molar-refractivity contribution is 4.70. The highest BCUT2D eigenvalue weighted by atomic mass is 14.2. The van der Waals surface area contributed by atoms with Crippen LogP contribution in [0, 0.1) is 17.8 Å². The molecule has 0 aromatic rings. The summed E-state index contributed by atoms with van der Waals surface area (Å²) in [5.74, 6) is 2.96. The molecule has 0 saturated heterocycles. The smallest absolute Gasteiger partial charge is 0.0414 e. The standard InChI is InChI=1S/C12H24/c1-10(2)9-11(3)7-8-12-5-4-6-12/h10-12H,4-9H2,1-3H3. The Morgan fingerprint density at radius 2 is 1.83 bits per heavy atom. The zero-order valence-electron chi connectivity index (χ0n) is 8.97. The molecule has 0 radical (unpaired) electrons. The van der Waals surface area contributed by atoms with Crippen molar-refractivity contribution in [3.8, 4) is 0 Å². The Labute approximate surface area is 77.7 Å². The minimum atomic E-state index is 0.890. The SMILES string of the molecule is CC(C)CC(C)CCC1CCC1. The minimum Gasteiger partial charge on any atom is -0.0628 e.